The first-order valence-corrected chi connectivity index (χ1v) is 5.75. The zero-order valence-electron chi connectivity index (χ0n) is 9.82. The van der Waals surface area contributed by atoms with E-state index in [1.165, 1.54) is 12.1 Å². The van der Waals surface area contributed by atoms with Gasteiger partial charge in [0.15, 0.2) is 0 Å². The molecule has 2 nitrogen and oxygen atoms in total. The highest BCUT2D eigenvalue weighted by atomic mass is 19.1. The Kier molecular flexibility index (Phi) is 4.07. The van der Waals surface area contributed by atoms with Gasteiger partial charge in [0.05, 0.1) is 5.56 Å². The molecule has 1 N–H and O–H groups in total. The Bertz CT molecular complexity index is 525. The highest BCUT2D eigenvalue weighted by molar-refractivity contribution is 5.94. The van der Waals surface area contributed by atoms with Gasteiger partial charge in [-0.1, -0.05) is 36.4 Å². The summed E-state index contributed by atoms with van der Waals surface area (Å²) in [4.78, 5) is 11.7. The van der Waals surface area contributed by atoms with E-state index >= 15 is 0 Å². The maximum absolute atomic E-state index is 13.3. The van der Waals surface area contributed by atoms with E-state index in [2.05, 4.69) is 11.4 Å². The molecule has 0 spiro atoms. The van der Waals surface area contributed by atoms with Gasteiger partial charge in [-0.05, 0) is 30.2 Å². The van der Waals surface area contributed by atoms with Crippen molar-refractivity contribution >= 4 is 5.91 Å². The van der Waals surface area contributed by atoms with Gasteiger partial charge in [0.1, 0.15) is 5.82 Å². The van der Waals surface area contributed by atoms with Gasteiger partial charge in [0.25, 0.3) is 5.91 Å². The summed E-state index contributed by atoms with van der Waals surface area (Å²) in [7, 11) is 0. The molecule has 0 aliphatic heterocycles. The zero-order chi connectivity index (χ0) is 12.8. The van der Waals surface area contributed by atoms with Gasteiger partial charge in [0.2, 0.25) is 0 Å². The van der Waals surface area contributed by atoms with E-state index in [0.717, 1.165) is 12.0 Å². The van der Waals surface area contributed by atoms with Crippen LogP contribution in [0.4, 0.5) is 4.39 Å². The number of halogens is 1. The van der Waals surface area contributed by atoms with Gasteiger partial charge >= 0.3 is 0 Å². The number of carbonyl (C=O) groups excluding carboxylic acids is 1. The van der Waals surface area contributed by atoms with E-state index in [9.17, 15) is 9.18 Å². The van der Waals surface area contributed by atoms with Crippen molar-refractivity contribution in [2.24, 2.45) is 0 Å². The molecule has 91 valence electrons. The second-order valence-corrected chi connectivity index (χ2v) is 3.89. The van der Waals surface area contributed by atoms with E-state index in [-0.39, 0.29) is 11.5 Å². The largest absolute Gasteiger partial charge is 0.352 e. The number of nitrogens with one attached hydrogen (secondary N) is 1. The molecule has 0 bridgehead atoms. The van der Waals surface area contributed by atoms with Crippen molar-refractivity contribution < 1.29 is 9.18 Å². The third-order valence-electron chi connectivity index (χ3n) is 2.60. The number of carbonyl (C=O) groups is 1. The summed E-state index contributed by atoms with van der Waals surface area (Å²) in [5.41, 5.74) is 1.20. The molecule has 2 aromatic carbocycles. The molecule has 0 fully saturated rings. The fourth-order valence-electron chi connectivity index (χ4n) is 1.65. The standard InChI is InChI=1S/C15H13FNO/c16-14-9-5-4-8-13(14)15(18)17-11-10-12-6-2-1-3-7-12/h2-9H,10-11H2,(H,17,18). The van der Waals surface area contributed by atoms with Crippen molar-refractivity contribution in [1.82, 2.24) is 5.32 Å². The monoisotopic (exact) mass is 242 g/mol. The van der Waals surface area contributed by atoms with E-state index in [1.54, 1.807) is 12.1 Å². The molecule has 0 saturated carbocycles. The van der Waals surface area contributed by atoms with Crippen molar-refractivity contribution in [3.63, 3.8) is 0 Å². The normalized spacial score (nSPS) is 10.1. The van der Waals surface area contributed by atoms with Gasteiger partial charge in [-0.2, -0.15) is 0 Å². The molecule has 0 unspecified atom stereocenters. The quantitative estimate of drug-likeness (QED) is 0.877. The average Bonchev–Trinajstić information content (AvgIpc) is 2.40. The van der Waals surface area contributed by atoms with Crippen LogP contribution in [0.15, 0.2) is 48.5 Å². The van der Waals surface area contributed by atoms with E-state index < -0.39 is 5.82 Å². The first kappa shape index (κ1) is 12.3. The molecule has 3 heteroatoms. The second kappa shape index (κ2) is 5.96. The van der Waals surface area contributed by atoms with Crippen LogP contribution in [0.3, 0.4) is 0 Å². The lowest BCUT2D eigenvalue weighted by Gasteiger charge is -2.06. The fourth-order valence-corrected chi connectivity index (χ4v) is 1.65. The Labute approximate surface area is 105 Å². The molecule has 0 aliphatic rings. The Balaban J connectivity index is 1.88. The van der Waals surface area contributed by atoms with Crippen molar-refractivity contribution in [2.45, 2.75) is 6.42 Å². The van der Waals surface area contributed by atoms with E-state index in [1.807, 2.05) is 24.3 Å². The molecule has 2 aromatic rings. The Morgan fingerprint density at radius 3 is 2.61 bits per heavy atom. The summed E-state index contributed by atoms with van der Waals surface area (Å²) in [5.74, 6) is -0.875. The van der Waals surface area contributed by atoms with Gasteiger partial charge in [-0.25, -0.2) is 4.39 Å². The maximum atomic E-state index is 13.3. The van der Waals surface area contributed by atoms with Crippen molar-refractivity contribution in [3.8, 4) is 0 Å². The molecular formula is C15H13FNO. The van der Waals surface area contributed by atoms with E-state index in [4.69, 9.17) is 0 Å². The Morgan fingerprint density at radius 2 is 1.89 bits per heavy atom. The topological polar surface area (TPSA) is 29.1 Å². The number of hydrogen-bond donors (Lipinski definition) is 1. The minimum atomic E-state index is -0.496. The van der Waals surface area contributed by atoms with Gasteiger partial charge in [0, 0.05) is 6.54 Å². The molecule has 0 aliphatic carbocycles. The molecule has 18 heavy (non-hydrogen) atoms. The average molecular weight is 242 g/mol. The van der Waals surface area contributed by atoms with Crippen LogP contribution in [-0.2, 0) is 6.42 Å². The first-order chi connectivity index (χ1) is 8.77. The molecule has 0 aromatic heterocycles. The van der Waals surface area contributed by atoms with Gasteiger partial charge < -0.3 is 5.32 Å². The summed E-state index contributed by atoms with van der Waals surface area (Å²) in [6.07, 6.45) is 0.717. The minimum absolute atomic E-state index is 0.0823. The molecule has 0 atom stereocenters. The van der Waals surface area contributed by atoms with Crippen LogP contribution in [0.25, 0.3) is 0 Å². The third-order valence-corrected chi connectivity index (χ3v) is 2.60. The van der Waals surface area contributed by atoms with Crippen molar-refractivity contribution in [1.29, 1.82) is 0 Å². The van der Waals surface area contributed by atoms with Crippen LogP contribution >= 0.6 is 0 Å². The number of rotatable bonds is 4. The van der Waals surface area contributed by atoms with Crippen LogP contribution in [0.5, 0.6) is 0 Å². The van der Waals surface area contributed by atoms with Crippen LogP contribution in [0.1, 0.15) is 15.9 Å². The highest BCUT2D eigenvalue weighted by Gasteiger charge is 2.09. The predicted molar refractivity (Wildman–Crippen MR) is 67.7 cm³/mol. The molecule has 1 amide bonds. The summed E-state index contributed by atoms with van der Waals surface area (Å²) in [5, 5.41) is 2.70. The van der Waals surface area contributed by atoms with Crippen LogP contribution < -0.4 is 5.32 Å². The summed E-state index contributed by atoms with van der Waals surface area (Å²) in [6.45, 7) is 0.483. The minimum Gasteiger partial charge on any atom is -0.352 e. The highest BCUT2D eigenvalue weighted by Crippen LogP contribution is 2.06. The zero-order valence-corrected chi connectivity index (χ0v) is 9.82. The van der Waals surface area contributed by atoms with Crippen LogP contribution in [-0.4, -0.2) is 12.5 Å². The molecule has 0 saturated heterocycles. The Hall–Kier alpha value is -2.16. The predicted octanol–water partition coefficient (Wildman–Crippen LogP) is 2.60. The smallest absolute Gasteiger partial charge is 0.254 e. The SMILES string of the molecule is O=C(NCCc1cc[c]cc1)c1ccccc1F. The lowest BCUT2D eigenvalue weighted by atomic mass is 10.1. The summed E-state index contributed by atoms with van der Waals surface area (Å²) >= 11 is 0. The molecule has 1 radical (unpaired) electrons. The molecular weight excluding hydrogens is 229 g/mol. The Morgan fingerprint density at radius 1 is 1.17 bits per heavy atom. The van der Waals surface area contributed by atoms with Crippen molar-refractivity contribution in [2.75, 3.05) is 6.54 Å². The molecule has 0 heterocycles. The second-order valence-electron chi connectivity index (χ2n) is 3.89. The number of hydrogen-bond acceptors (Lipinski definition) is 1. The van der Waals surface area contributed by atoms with Crippen molar-refractivity contribution in [3.05, 3.63) is 71.5 Å². The lowest BCUT2D eigenvalue weighted by molar-refractivity contribution is 0.0950. The van der Waals surface area contributed by atoms with E-state index in [0.29, 0.717) is 6.54 Å². The number of benzene rings is 2. The molecule has 2 rings (SSSR count). The van der Waals surface area contributed by atoms with Crippen LogP contribution in [0, 0.1) is 11.9 Å². The number of amides is 1. The summed E-state index contributed by atoms with van der Waals surface area (Å²) < 4.78 is 13.3. The third kappa shape index (κ3) is 3.17. The van der Waals surface area contributed by atoms with Crippen LogP contribution in [0.2, 0.25) is 0 Å². The summed E-state index contributed by atoms with van der Waals surface area (Å²) in [6, 6.07) is 16.4. The maximum Gasteiger partial charge on any atom is 0.254 e. The van der Waals surface area contributed by atoms with Gasteiger partial charge in [-0.3, -0.25) is 4.79 Å². The first-order valence-electron chi connectivity index (χ1n) is 5.75. The fraction of sp³-hybridized carbons (Fsp3) is 0.133. The lowest BCUT2D eigenvalue weighted by Crippen LogP contribution is -2.26. The van der Waals surface area contributed by atoms with Gasteiger partial charge in [-0.15, -0.1) is 0 Å².